The lowest BCUT2D eigenvalue weighted by molar-refractivity contribution is 0.237. The fourth-order valence-corrected chi connectivity index (χ4v) is 2.55. The molecular formula is C17H25N3O2. The van der Waals surface area contributed by atoms with E-state index in [4.69, 9.17) is 4.74 Å². The maximum absolute atomic E-state index is 11.8. The number of amides is 2. The van der Waals surface area contributed by atoms with Crippen molar-refractivity contribution in [3.8, 4) is 5.75 Å². The molecule has 1 atom stereocenters. The molecule has 120 valence electrons. The maximum atomic E-state index is 11.8. The first kappa shape index (κ1) is 16.3. The van der Waals surface area contributed by atoms with Gasteiger partial charge in [0.1, 0.15) is 5.75 Å². The van der Waals surface area contributed by atoms with Gasteiger partial charge in [0.2, 0.25) is 0 Å². The first-order valence-corrected chi connectivity index (χ1v) is 7.93. The van der Waals surface area contributed by atoms with Crippen LogP contribution in [0.2, 0.25) is 0 Å². The van der Waals surface area contributed by atoms with E-state index in [0.29, 0.717) is 18.2 Å². The molecule has 0 bridgehead atoms. The first-order chi connectivity index (χ1) is 10.8. The van der Waals surface area contributed by atoms with E-state index in [1.807, 2.05) is 12.1 Å². The number of nitrogens with zero attached hydrogens (tertiary/aromatic N) is 1. The van der Waals surface area contributed by atoms with Crippen molar-refractivity contribution in [2.24, 2.45) is 5.92 Å². The smallest absolute Gasteiger partial charge is 0.315 e. The van der Waals surface area contributed by atoms with E-state index >= 15 is 0 Å². The lowest BCUT2D eigenvalue weighted by atomic mass is 9.94. The maximum Gasteiger partial charge on any atom is 0.315 e. The molecule has 1 aliphatic rings. The van der Waals surface area contributed by atoms with E-state index in [-0.39, 0.29) is 6.03 Å². The summed E-state index contributed by atoms with van der Waals surface area (Å²) in [7, 11) is 1.60. The fourth-order valence-electron chi connectivity index (χ4n) is 2.55. The number of nitrogens with one attached hydrogen (secondary N) is 2. The highest BCUT2D eigenvalue weighted by molar-refractivity contribution is 5.73. The van der Waals surface area contributed by atoms with Crippen molar-refractivity contribution in [3.05, 3.63) is 36.2 Å². The average Bonchev–Trinajstić information content (AvgIpc) is 2.52. The van der Waals surface area contributed by atoms with E-state index in [9.17, 15) is 4.79 Å². The van der Waals surface area contributed by atoms with Crippen molar-refractivity contribution in [2.45, 2.75) is 38.6 Å². The van der Waals surface area contributed by atoms with Crippen LogP contribution in [-0.2, 0) is 6.54 Å². The Bertz CT molecular complexity index is 485. The number of urea groups is 1. The zero-order valence-corrected chi connectivity index (χ0v) is 13.2. The second-order valence-electron chi connectivity index (χ2n) is 5.60. The van der Waals surface area contributed by atoms with E-state index in [1.54, 1.807) is 13.3 Å². The van der Waals surface area contributed by atoms with Crippen LogP contribution < -0.4 is 15.4 Å². The van der Waals surface area contributed by atoms with Crippen LogP contribution in [0.4, 0.5) is 4.79 Å². The molecular weight excluding hydrogens is 278 g/mol. The number of rotatable bonds is 5. The van der Waals surface area contributed by atoms with Gasteiger partial charge < -0.3 is 15.4 Å². The van der Waals surface area contributed by atoms with Gasteiger partial charge >= 0.3 is 6.03 Å². The molecule has 0 fully saturated rings. The second kappa shape index (κ2) is 9.07. The first-order valence-electron chi connectivity index (χ1n) is 7.93. The molecule has 0 saturated heterocycles. The molecule has 0 aromatic carbocycles. The standard InChI is InChI=1S/C17H25N3O2/c1-22-16-10-9-15(18-13-16)12-20-17(21)19-11-14-7-5-3-2-4-6-8-14/h2-3,9-10,13-14H,4-8,11-12H2,1H3,(H2,19,20,21)/b3-2-. The van der Waals surface area contributed by atoms with Crippen LogP contribution in [0.5, 0.6) is 5.75 Å². The third-order valence-electron chi connectivity index (χ3n) is 3.91. The quantitative estimate of drug-likeness (QED) is 0.822. The fraction of sp³-hybridized carbons (Fsp3) is 0.529. The van der Waals surface area contributed by atoms with Crippen LogP contribution in [0.25, 0.3) is 0 Å². The lowest BCUT2D eigenvalue weighted by Gasteiger charge is -2.18. The molecule has 1 unspecified atom stereocenters. The van der Waals surface area contributed by atoms with Crippen LogP contribution in [0.15, 0.2) is 30.5 Å². The summed E-state index contributed by atoms with van der Waals surface area (Å²) < 4.78 is 5.05. The summed E-state index contributed by atoms with van der Waals surface area (Å²) in [6.07, 6.45) is 12.0. The lowest BCUT2D eigenvalue weighted by Crippen LogP contribution is -2.38. The number of carbonyl (C=O) groups is 1. The Hall–Kier alpha value is -2.04. The summed E-state index contributed by atoms with van der Waals surface area (Å²) in [5.74, 6) is 1.29. The number of methoxy groups -OCH3 is 1. The zero-order valence-electron chi connectivity index (χ0n) is 13.2. The summed E-state index contributed by atoms with van der Waals surface area (Å²) >= 11 is 0. The minimum atomic E-state index is -0.129. The van der Waals surface area contributed by atoms with E-state index in [0.717, 1.165) is 31.5 Å². The molecule has 1 aromatic rings. The second-order valence-corrected chi connectivity index (χ2v) is 5.60. The molecule has 1 aromatic heterocycles. The third-order valence-corrected chi connectivity index (χ3v) is 3.91. The van der Waals surface area contributed by atoms with Crippen molar-refractivity contribution >= 4 is 6.03 Å². The molecule has 0 radical (unpaired) electrons. The van der Waals surface area contributed by atoms with Gasteiger partial charge in [0.05, 0.1) is 25.5 Å². The Morgan fingerprint density at radius 3 is 2.91 bits per heavy atom. The Morgan fingerprint density at radius 2 is 2.14 bits per heavy atom. The van der Waals surface area contributed by atoms with E-state index in [1.165, 1.54) is 12.8 Å². The van der Waals surface area contributed by atoms with Crippen LogP contribution in [0.3, 0.4) is 0 Å². The van der Waals surface area contributed by atoms with Crippen molar-refractivity contribution in [1.82, 2.24) is 15.6 Å². The Kier molecular flexibility index (Phi) is 6.74. The largest absolute Gasteiger partial charge is 0.495 e. The van der Waals surface area contributed by atoms with Crippen molar-refractivity contribution in [1.29, 1.82) is 0 Å². The summed E-state index contributed by atoms with van der Waals surface area (Å²) in [5, 5.41) is 5.80. The number of allylic oxidation sites excluding steroid dienone is 2. The van der Waals surface area contributed by atoms with E-state index in [2.05, 4.69) is 27.8 Å². The molecule has 5 nitrogen and oxygen atoms in total. The zero-order chi connectivity index (χ0) is 15.6. The molecule has 2 amide bonds. The summed E-state index contributed by atoms with van der Waals surface area (Å²) in [5.41, 5.74) is 0.812. The molecule has 1 aliphatic carbocycles. The summed E-state index contributed by atoms with van der Waals surface area (Å²) in [4.78, 5) is 16.1. The molecule has 2 rings (SSSR count). The van der Waals surface area contributed by atoms with Crippen molar-refractivity contribution in [2.75, 3.05) is 13.7 Å². The van der Waals surface area contributed by atoms with Gasteiger partial charge in [-0.05, 0) is 50.2 Å². The number of aromatic nitrogens is 1. The van der Waals surface area contributed by atoms with Crippen LogP contribution in [0.1, 0.15) is 37.8 Å². The van der Waals surface area contributed by atoms with Gasteiger partial charge in [-0.25, -0.2) is 4.79 Å². The van der Waals surface area contributed by atoms with E-state index < -0.39 is 0 Å². The predicted octanol–water partition coefficient (Wildman–Crippen LogP) is 3.03. The predicted molar refractivity (Wildman–Crippen MR) is 86.7 cm³/mol. The molecule has 5 heteroatoms. The normalized spacial score (nSPS) is 19.6. The number of ether oxygens (including phenoxy) is 1. The SMILES string of the molecule is COc1ccc(CNC(=O)NCC2CC/C=C\CCC2)nc1. The number of carbonyl (C=O) groups excluding carboxylic acids is 1. The number of hydrogen-bond donors (Lipinski definition) is 2. The summed E-state index contributed by atoms with van der Waals surface area (Å²) in [6.45, 7) is 1.17. The molecule has 0 saturated carbocycles. The topological polar surface area (TPSA) is 63.2 Å². The van der Waals surface area contributed by atoms with Crippen molar-refractivity contribution in [3.63, 3.8) is 0 Å². The highest BCUT2D eigenvalue weighted by atomic mass is 16.5. The van der Waals surface area contributed by atoms with Gasteiger partial charge in [-0.2, -0.15) is 0 Å². The molecule has 2 N–H and O–H groups in total. The third kappa shape index (κ3) is 5.76. The summed E-state index contributed by atoms with van der Waals surface area (Å²) in [6, 6.07) is 3.56. The molecule has 22 heavy (non-hydrogen) atoms. The highest BCUT2D eigenvalue weighted by Gasteiger charge is 2.11. The molecule has 0 spiro atoms. The Labute approximate surface area is 132 Å². The van der Waals surface area contributed by atoms with Crippen LogP contribution in [0, 0.1) is 5.92 Å². The molecule has 1 heterocycles. The van der Waals surface area contributed by atoms with Gasteiger partial charge in [-0.1, -0.05) is 12.2 Å². The average molecular weight is 303 g/mol. The van der Waals surface area contributed by atoms with Crippen LogP contribution >= 0.6 is 0 Å². The Morgan fingerprint density at radius 1 is 1.27 bits per heavy atom. The highest BCUT2D eigenvalue weighted by Crippen LogP contribution is 2.17. The van der Waals surface area contributed by atoms with Gasteiger partial charge in [0.25, 0.3) is 0 Å². The number of hydrogen-bond acceptors (Lipinski definition) is 3. The monoisotopic (exact) mass is 303 g/mol. The molecule has 0 aliphatic heterocycles. The minimum absolute atomic E-state index is 0.129. The van der Waals surface area contributed by atoms with Gasteiger partial charge in [0.15, 0.2) is 0 Å². The van der Waals surface area contributed by atoms with Gasteiger partial charge in [-0.15, -0.1) is 0 Å². The Balaban J connectivity index is 1.67. The minimum Gasteiger partial charge on any atom is -0.495 e. The number of pyridine rings is 1. The van der Waals surface area contributed by atoms with Gasteiger partial charge in [0, 0.05) is 6.54 Å². The van der Waals surface area contributed by atoms with Gasteiger partial charge in [-0.3, -0.25) is 4.98 Å². The van der Waals surface area contributed by atoms with Crippen LogP contribution in [-0.4, -0.2) is 24.7 Å². The van der Waals surface area contributed by atoms with Crippen molar-refractivity contribution < 1.29 is 9.53 Å².